The molecule has 0 radical (unpaired) electrons. The molecule has 4 atom stereocenters. The van der Waals surface area contributed by atoms with Crippen LogP contribution >= 0.6 is 34.5 Å². The van der Waals surface area contributed by atoms with Crippen LogP contribution in [0.5, 0.6) is 5.75 Å². The number of aromatic nitrogens is 4. The van der Waals surface area contributed by atoms with Crippen LogP contribution in [0.25, 0.3) is 21.6 Å². The molecule has 374 valence electrons. The number of aliphatic hydroxyl groups excluding tert-OH is 1. The van der Waals surface area contributed by atoms with Crippen LogP contribution in [-0.4, -0.2) is 96.1 Å². The van der Waals surface area contributed by atoms with Crippen LogP contribution in [-0.2, 0) is 25.7 Å². The molecule has 70 heavy (non-hydrogen) atoms. The van der Waals surface area contributed by atoms with Crippen LogP contribution in [0.1, 0.15) is 114 Å². The molecule has 0 spiro atoms. The van der Waals surface area contributed by atoms with E-state index in [2.05, 4.69) is 25.7 Å². The second kappa shape index (κ2) is 23.1. The fourth-order valence-corrected chi connectivity index (χ4v) is 10.5. The van der Waals surface area contributed by atoms with Gasteiger partial charge in [0, 0.05) is 79.5 Å². The topological polar surface area (TPSA) is 198 Å². The summed E-state index contributed by atoms with van der Waals surface area (Å²) in [7, 11) is 0. The molecule has 5 N–H and O–H groups in total. The Kier molecular flexibility index (Phi) is 17.2. The highest BCUT2D eigenvalue weighted by Crippen LogP contribution is 2.38. The molecule has 0 aliphatic carbocycles. The van der Waals surface area contributed by atoms with Gasteiger partial charge < -0.3 is 36.0 Å². The maximum atomic E-state index is 14.2. The lowest BCUT2D eigenvalue weighted by Gasteiger charge is -2.35. The van der Waals surface area contributed by atoms with E-state index in [-0.39, 0.29) is 65.6 Å². The number of unbranched alkanes of at least 4 members (excludes halogenated alkanes) is 3. The van der Waals surface area contributed by atoms with Gasteiger partial charge in [-0.15, -0.1) is 11.3 Å². The second-order valence-corrected chi connectivity index (χ2v) is 20.9. The van der Waals surface area contributed by atoms with Crippen molar-refractivity contribution in [3.8, 4) is 27.3 Å². The number of nitrogen functional groups attached to an aromatic ring is 1. The van der Waals surface area contributed by atoms with Crippen LogP contribution in [0.3, 0.4) is 0 Å². The number of halogens is 3. The molecule has 5 heterocycles. The maximum Gasteiger partial charge on any atom is 0.246 e. The number of carbonyl (C=O) groups excluding carboxylic acids is 4. The summed E-state index contributed by atoms with van der Waals surface area (Å²) < 4.78 is 22.2. The number of piperidine rings is 1. The molecule has 2 aromatic carbocycles. The Morgan fingerprint density at radius 1 is 0.971 bits per heavy atom. The molecule has 2 aliphatic rings. The smallest absolute Gasteiger partial charge is 0.246 e. The minimum Gasteiger partial charge on any atom is -0.482 e. The quantitative estimate of drug-likeness (QED) is 0.0486. The number of aryl methyl sites for hydroxylation is 1. The zero-order valence-electron chi connectivity index (χ0n) is 40.2. The summed E-state index contributed by atoms with van der Waals surface area (Å²) in [6.07, 6.45) is 8.81. The summed E-state index contributed by atoms with van der Waals surface area (Å²) in [6, 6.07) is 10.6. The van der Waals surface area contributed by atoms with Gasteiger partial charge in [-0.3, -0.25) is 23.9 Å². The minimum absolute atomic E-state index is 0.00155. The molecular formula is C51H62Cl2FN9O6S. The van der Waals surface area contributed by atoms with Crippen LogP contribution in [0.2, 0.25) is 10.0 Å². The van der Waals surface area contributed by atoms with Crippen LogP contribution in [0, 0.1) is 18.2 Å². The first-order chi connectivity index (χ1) is 33.4. The summed E-state index contributed by atoms with van der Waals surface area (Å²) in [6.45, 7) is 10.8. The van der Waals surface area contributed by atoms with Crippen molar-refractivity contribution in [1.82, 2.24) is 40.2 Å². The fraction of sp³-hybridized carbons (Fsp3) is 0.471. The van der Waals surface area contributed by atoms with E-state index in [0.29, 0.717) is 43.7 Å². The SMILES string of the molecule is Cc1ncsc1-c1ccc(CNC(=O)[C@@H]2C[C@@H](O)CN2C(=O)C(NC(=O)CCCCCCC(=O)N2CCC(n3cc(-c4cnc(N)c(OC(C)c5c(Cl)ccc(F)c5Cl)c4)cn3)CC2)C(C)(C)C)cc1. The molecular weight excluding hydrogens is 957 g/mol. The number of ether oxygens (including phenoxy) is 1. The third-order valence-corrected chi connectivity index (χ3v) is 14.7. The van der Waals surface area contributed by atoms with Gasteiger partial charge in [-0.1, -0.05) is 81.1 Å². The van der Waals surface area contributed by atoms with E-state index < -0.39 is 41.4 Å². The second-order valence-electron chi connectivity index (χ2n) is 19.3. The number of nitrogens with zero attached hydrogens (tertiary/aromatic N) is 6. The van der Waals surface area contributed by atoms with Gasteiger partial charge in [-0.2, -0.15) is 5.10 Å². The zero-order chi connectivity index (χ0) is 50.3. The van der Waals surface area contributed by atoms with E-state index in [4.69, 9.17) is 33.7 Å². The number of pyridine rings is 1. The van der Waals surface area contributed by atoms with E-state index >= 15 is 0 Å². The van der Waals surface area contributed by atoms with Gasteiger partial charge in [-0.25, -0.2) is 14.4 Å². The molecule has 0 bridgehead atoms. The summed E-state index contributed by atoms with van der Waals surface area (Å²) in [5.74, 6) is -1.07. The van der Waals surface area contributed by atoms with Crippen molar-refractivity contribution in [3.05, 3.63) is 99.2 Å². The van der Waals surface area contributed by atoms with Gasteiger partial charge in [0.2, 0.25) is 23.6 Å². The number of amides is 4. The first-order valence-corrected chi connectivity index (χ1v) is 25.4. The number of thiazole rings is 1. The van der Waals surface area contributed by atoms with Gasteiger partial charge in [-0.05, 0) is 74.3 Å². The van der Waals surface area contributed by atoms with Gasteiger partial charge in [0.25, 0.3) is 0 Å². The molecule has 3 aromatic heterocycles. The Bertz CT molecular complexity index is 2650. The molecule has 15 nitrogen and oxygen atoms in total. The highest BCUT2D eigenvalue weighted by molar-refractivity contribution is 7.13. The number of hydrogen-bond acceptors (Lipinski definition) is 11. The first kappa shape index (κ1) is 52.2. The Morgan fingerprint density at radius 3 is 2.37 bits per heavy atom. The maximum absolute atomic E-state index is 14.2. The molecule has 2 unspecified atom stereocenters. The molecule has 2 fully saturated rings. The molecule has 4 amide bonds. The highest BCUT2D eigenvalue weighted by Gasteiger charge is 2.44. The summed E-state index contributed by atoms with van der Waals surface area (Å²) in [5, 5.41) is 21.3. The summed E-state index contributed by atoms with van der Waals surface area (Å²) >= 11 is 14.1. The normalized spacial score (nSPS) is 17.3. The molecule has 2 saturated heterocycles. The zero-order valence-corrected chi connectivity index (χ0v) is 42.5. The highest BCUT2D eigenvalue weighted by atomic mass is 35.5. The van der Waals surface area contributed by atoms with E-state index in [9.17, 15) is 28.7 Å². The lowest BCUT2D eigenvalue weighted by Crippen LogP contribution is -2.57. The van der Waals surface area contributed by atoms with Gasteiger partial charge >= 0.3 is 0 Å². The molecule has 2 aliphatic heterocycles. The first-order valence-electron chi connectivity index (χ1n) is 23.8. The van der Waals surface area contributed by atoms with E-state index in [1.54, 1.807) is 36.7 Å². The number of likely N-dealkylation sites (tertiary alicyclic amines) is 2. The van der Waals surface area contributed by atoms with E-state index in [1.807, 2.05) is 73.2 Å². The van der Waals surface area contributed by atoms with Crippen LogP contribution < -0.4 is 21.1 Å². The number of nitrogens with two attached hydrogens (primary N) is 1. The molecule has 5 aromatic rings. The summed E-state index contributed by atoms with van der Waals surface area (Å²) in [4.78, 5) is 67.0. The Labute approximate surface area is 422 Å². The number of aliphatic hydroxyl groups is 1. The van der Waals surface area contributed by atoms with E-state index in [1.165, 1.54) is 17.0 Å². The van der Waals surface area contributed by atoms with Crippen molar-refractivity contribution in [3.63, 3.8) is 0 Å². The Balaban J connectivity index is 0.811. The van der Waals surface area contributed by atoms with Gasteiger partial charge in [0.05, 0.1) is 39.4 Å². The van der Waals surface area contributed by atoms with Crippen molar-refractivity contribution in [1.29, 1.82) is 0 Å². The molecule has 0 saturated carbocycles. The van der Waals surface area contributed by atoms with Gasteiger partial charge in [0.15, 0.2) is 11.6 Å². The van der Waals surface area contributed by atoms with Crippen molar-refractivity contribution in [2.24, 2.45) is 5.41 Å². The average molecular weight is 1020 g/mol. The third kappa shape index (κ3) is 12.8. The molecule has 7 rings (SSSR count). The number of nitrogens with one attached hydrogen (secondary N) is 2. The number of hydrogen-bond donors (Lipinski definition) is 4. The molecule has 19 heteroatoms. The number of carbonyl (C=O) groups is 4. The van der Waals surface area contributed by atoms with Crippen LogP contribution in [0.4, 0.5) is 10.2 Å². The number of anilines is 1. The Morgan fingerprint density at radius 2 is 1.69 bits per heavy atom. The Hall–Kier alpha value is -5.62. The predicted molar refractivity (Wildman–Crippen MR) is 270 cm³/mol. The van der Waals surface area contributed by atoms with Crippen molar-refractivity contribution < 1.29 is 33.4 Å². The van der Waals surface area contributed by atoms with Crippen molar-refractivity contribution in [2.45, 2.75) is 129 Å². The lowest BCUT2D eigenvalue weighted by molar-refractivity contribution is -0.144. The largest absolute Gasteiger partial charge is 0.482 e. The van der Waals surface area contributed by atoms with Gasteiger partial charge in [0.1, 0.15) is 24.0 Å². The summed E-state index contributed by atoms with van der Waals surface area (Å²) in [5.41, 5.74) is 12.0. The monoisotopic (exact) mass is 1020 g/mol. The van der Waals surface area contributed by atoms with Crippen molar-refractivity contribution in [2.75, 3.05) is 25.4 Å². The van der Waals surface area contributed by atoms with E-state index in [0.717, 1.165) is 58.5 Å². The third-order valence-electron chi connectivity index (χ3n) is 13.1. The standard InChI is InChI=1S/C51H62Cl2FN9O6S/c1-30-46(70-29-58-30)33-14-12-32(13-15-33)24-57-49(67)40-23-37(64)28-62(40)50(68)47(51(3,4)5)60-42(65)10-8-6-7-9-11-43(66)61-20-18-36(19-21-61)63-27-35(26-59-63)34-22-41(48(55)56-25-34)69-31(2)44-38(52)16-17-39(54)45(44)53/h12-17,22,25-27,29,31,36-37,40,47,64H,6-11,18-21,23-24,28H2,1-5H3,(H2,55,56)(H,57,67)(H,60,65)/t31?,37-,40+,47?/m1/s1. The van der Waals surface area contributed by atoms with Crippen molar-refractivity contribution >= 4 is 64.0 Å². The number of rotatable bonds is 18. The predicted octanol–water partition coefficient (Wildman–Crippen LogP) is 8.86. The fourth-order valence-electron chi connectivity index (χ4n) is 9.03. The number of β-amino-alcohol motifs (C(OH)–C–C–N with tert-alkyl or cyclic N) is 1. The average Bonchev–Trinajstić information content (AvgIpc) is 4.10. The minimum atomic E-state index is -0.902. The van der Waals surface area contributed by atoms with Crippen LogP contribution in [0.15, 0.2) is 66.6 Å². The number of benzene rings is 2. The lowest BCUT2D eigenvalue weighted by atomic mass is 9.85.